The summed E-state index contributed by atoms with van der Waals surface area (Å²) in [6, 6.07) is 0.794. The highest BCUT2D eigenvalue weighted by Crippen LogP contribution is 2.22. The Hall–Kier alpha value is 0.447. The molecule has 0 aliphatic carbocycles. The Morgan fingerprint density at radius 2 is 1.33 bits per heavy atom. The molecule has 0 aliphatic rings. The lowest BCUT2D eigenvalue weighted by atomic mass is 10.4. The maximum atomic E-state index is 5.73. The van der Waals surface area contributed by atoms with Crippen molar-refractivity contribution in [2.24, 2.45) is 0 Å². The van der Waals surface area contributed by atoms with E-state index in [4.69, 9.17) is 13.3 Å². The lowest BCUT2D eigenvalue weighted by molar-refractivity contribution is 0.0712. The van der Waals surface area contributed by atoms with Crippen molar-refractivity contribution in [2.75, 3.05) is 19.8 Å². The van der Waals surface area contributed by atoms with Crippen LogP contribution in [-0.2, 0) is 13.3 Å². The fourth-order valence-electron chi connectivity index (χ4n) is 1.39. The van der Waals surface area contributed by atoms with E-state index >= 15 is 0 Å². The lowest BCUT2D eigenvalue weighted by Crippen LogP contribution is -2.47. The molecule has 3 nitrogen and oxygen atoms in total. The molecular formula is C10H24O3SSi. The van der Waals surface area contributed by atoms with E-state index in [0.29, 0.717) is 25.1 Å². The fourth-order valence-corrected chi connectivity index (χ4v) is 4.85. The number of thiol groups is 1. The molecule has 0 aromatic heterocycles. The molecule has 0 aromatic carbocycles. The molecule has 0 aliphatic heterocycles. The highest BCUT2D eigenvalue weighted by molar-refractivity contribution is 7.81. The first kappa shape index (κ1) is 15.4. The van der Waals surface area contributed by atoms with Crippen LogP contribution in [0.3, 0.4) is 0 Å². The van der Waals surface area contributed by atoms with Crippen LogP contribution in [0.15, 0.2) is 0 Å². The predicted molar refractivity (Wildman–Crippen MR) is 68.5 cm³/mol. The standard InChI is InChI=1S/C10H24O3SSi/c1-5-10(14)9-15(11-6-2,12-7-3)13-8-4/h10,14H,5-9H2,1-4H3. The van der Waals surface area contributed by atoms with E-state index in [0.717, 1.165) is 12.5 Å². The minimum atomic E-state index is -2.46. The molecule has 15 heavy (non-hydrogen) atoms. The third-order valence-electron chi connectivity index (χ3n) is 2.05. The molecule has 0 saturated heterocycles. The fraction of sp³-hybridized carbons (Fsp3) is 1.00. The normalized spacial score (nSPS) is 14.2. The van der Waals surface area contributed by atoms with Crippen molar-refractivity contribution in [2.45, 2.75) is 45.4 Å². The third-order valence-corrected chi connectivity index (χ3v) is 6.12. The number of hydrogen-bond acceptors (Lipinski definition) is 4. The Bertz CT molecular complexity index is 141. The van der Waals surface area contributed by atoms with Gasteiger partial charge in [0.25, 0.3) is 0 Å². The van der Waals surface area contributed by atoms with Crippen molar-refractivity contribution < 1.29 is 13.3 Å². The van der Waals surface area contributed by atoms with E-state index in [1.807, 2.05) is 20.8 Å². The van der Waals surface area contributed by atoms with Crippen LogP contribution in [0.25, 0.3) is 0 Å². The smallest absolute Gasteiger partial charge is 0.374 e. The number of rotatable bonds is 9. The van der Waals surface area contributed by atoms with Crippen LogP contribution in [0, 0.1) is 0 Å². The van der Waals surface area contributed by atoms with Crippen molar-refractivity contribution in [3.8, 4) is 0 Å². The second kappa shape index (κ2) is 8.58. The van der Waals surface area contributed by atoms with Gasteiger partial charge >= 0.3 is 8.80 Å². The summed E-state index contributed by atoms with van der Waals surface area (Å²) in [4.78, 5) is 0. The Balaban J connectivity index is 4.44. The van der Waals surface area contributed by atoms with Crippen LogP contribution >= 0.6 is 12.6 Å². The second-order valence-electron chi connectivity index (χ2n) is 3.25. The molecule has 0 amide bonds. The maximum Gasteiger partial charge on any atom is 0.502 e. The first-order valence-electron chi connectivity index (χ1n) is 5.74. The minimum absolute atomic E-state index is 0.293. The summed E-state index contributed by atoms with van der Waals surface area (Å²) in [5.41, 5.74) is 0. The zero-order valence-corrected chi connectivity index (χ0v) is 12.2. The Labute approximate surface area is 100 Å². The minimum Gasteiger partial charge on any atom is -0.374 e. The molecule has 0 rings (SSSR count). The highest BCUT2D eigenvalue weighted by atomic mass is 32.1. The van der Waals surface area contributed by atoms with Crippen molar-refractivity contribution in [3.05, 3.63) is 0 Å². The van der Waals surface area contributed by atoms with E-state index in [1.54, 1.807) is 0 Å². The van der Waals surface area contributed by atoms with Gasteiger partial charge in [-0.15, -0.1) is 0 Å². The third kappa shape index (κ3) is 5.92. The van der Waals surface area contributed by atoms with Gasteiger partial charge in [-0.25, -0.2) is 0 Å². The Morgan fingerprint density at radius 3 is 1.60 bits per heavy atom. The molecule has 0 saturated carbocycles. The molecule has 5 heteroatoms. The van der Waals surface area contributed by atoms with E-state index in [-0.39, 0.29) is 0 Å². The maximum absolute atomic E-state index is 5.73. The highest BCUT2D eigenvalue weighted by Gasteiger charge is 2.41. The summed E-state index contributed by atoms with van der Waals surface area (Å²) in [7, 11) is -2.46. The summed E-state index contributed by atoms with van der Waals surface area (Å²) in [6.07, 6.45) is 1.01. The van der Waals surface area contributed by atoms with Crippen LogP contribution in [0.1, 0.15) is 34.1 Å². The molecular weight excluding hydrogens is 228 g/mol. The molecule has 0 N–H and O–H groups in total. The molecule has 1 atom stereocenters. The summed E-state index contributed by atoms with van der Waals surface area (Å²) in [5, 5.41) is 0.293. The summed E-state index contributed by atoms with van der Waals surface area (Å²) in [5.74, 6) is 0. The SMILES string of the molecule is CCO[Si](CC(S)CC)(OCC)OCC. The summed E-state index contributed by atoms with van der Waals surface area (Å²) < 4.78 is 17.2. The first-order valence-corrected chi connectivity index (χ1v) is 8.18. The Morgan fingerprint density at radius 1 is 0.933 bits per heavy atom. The van der Waals surface area contributed by atoms with Gasteiger partial charge in [0.1, 0.15) is 0 Å². The molecule has 92 valence electrons. The van der Waals surface area contributed by atoms with Crippen LogP contribution in [-0.4, -0.2) is 33.9 Å². The van der Waals surface area contributed by atoms with Gasteiger partial charge in [-0.3, -0.25) is 0 Å². The molecule has 0 bridgehead atoms. The monoisotopic (exact) mass is 252 g/mol. The first-order chi connectivity index (χ1) is 7.14. The van der Waals surface area contributed by atoms with Gasteiger partial charge in [-0.2, -0.15) is 12.6 Å². The molecule has 0 heterocycles. The molecule has 0 fully saturated rings. The zero-order valence-electron chi connectivity index (χ0n) is 10.3. The van der Waals surface area contributed by atoms with E-state index < -0.39 is 8.80 Å². The van der Waals surface area contributed by atoms with Gasteiger partial charge in [-0.1, -0.05) is 6.92 Å². The van der Waals surface area contributed by atoms with Gasteiger partial charge in [0.15, 0.2) is 0 Å². The second-order valence-corrected chi connectivity index (χ2v) is 6.62. The van der Waals surface area contributed by atoms with E-state index in [1.165, 1.54) is 0 Å². The predicted octanol–water partition coefficient (Wildman–Crippen LogP) is 2.74. The lowest BCUT2D eigenvalue weighted by Gasteiger charge is -2.30. The summed E-state index contributed by atoms with van der Waals surface area (Å²) >= 11 is 4.50. The Kier molecular flexibility index (Phi) is 8.84. The van der Waals surface area contributed by atoms with Crippen molar-refractivity contribution in [1.29, 1.82) is 0 Å². The number of hydrogen-bond donors (Lipinski definition) is 1. The largest absolute Gasteiger partial charge is 0.502 e. The van der Waals surface area contributed by atoms with Gasteiger partial charge in [0.2, 0.25) is 0 Å². The van der Waals surface area contributed by atoms with Gasteiger partial charge in [-0.05, 0) is 27.2 Å². The van der Waals surface area contributed by atoms with E-state index in [2.05, 4.69) is 19.6 Å². The van der Waals surface area contributed by atoms with Crippen molar-refractivity contribution in [1.82, 2.24) is 0 Å². The van der Waals surface area contributed by atoms with Crippen LogP contribution in [0.2, 0.25) is 6.04 Å². The average molecular weight is 252 g/mol. The molecule has 0 aromatic rings. The van der Waals surface area contributed by atoms with Gasteiger partial charge in [0, 0.05) is 31.1 Å². The average Bonchev–Trinajstić information content (AvgIpc) is 2.18. The quantitative estimate of drug-likeness (QED) is 0.505. The van der Waals surface area contributed by atoms with E-state index in [9.17, 15) is 0 Å². The topological polar surface area (TPSA) is 27.7 Å². The summed E-state index contributed by atoms with van der Waals surface area (Å²) in [6.45, 7) is 9.93. The van der Waals surface area contributed by atoms with Crippen LogP contribution in [0.5, 0.6) is 0 Å². The van der Waals surface area contributed by atoms with Crippen molar-refractivity contribution in [3.63, 3.8) is 0 Å². The van der Waals surface area contributed by atoms with Gasteiger partial charge in [0.05, 0.1) is 0 Å². The molecule has 0 spiro atoms. The molecule has 0 radical (unpaired) electrons. The van der Waals surface area contributed by atoms with Crippen LogP contribution in [0.4, 0.5) is 0 Å². The van der Waals surface area contributed by atoms with Gasteiger partial charge < -0.3 is 13.3 Å². The van der Waals surface area contributed by atoms with Crippen molar-refractivity contribution >= 4 is 21.4 Å². The van der Waals surface area contributed by atoms with Crippen LogP contribution < -0.4 is 0 Å². The molecule has 1 unspecified atom stereocenters. The zero-order chi connectivity index (χ0) is 11.7.